The van der Waals surface area contributed by atoms with Crippen molar-refractivity contribution in [2.45, 2.75) is 87.9 Å². The van der Waals surface area contributed by atoms with Crippen molar-refractivity contribution in [1.29, 1.82) is 0 Å². The third kappa shape index (κ3) is 3.28. The van der Waals surface area contributed by atoms with Gasteiger partial charge in [0.05, 0.1) is 34.5 Å². The van der Waals surface area contributed by atoms with Crippen molar-refractivity contribution in [1.82, 2.24) is 18.9 Å². The molecule has 5 heterocycles. The van der Waals surface area contributed by atoms with E-state index in [1.165, 1.54) is 130 Å². The van der Waals surface area contributed by atoms with Gasteiger partial charge in [0.1, 0.15) is 0 Å². The lowest BCUT2D eigenvalue weighted by Gasteiger charge is -2.38. The molecule has 52 heavy (non-hydrogen) atoms. The Morgan fingerprint density at radius 2 is 1.04 bits per heavy atom. The monoisotopic (exact) mass is 676 g/mol. The molecule has 0 radical (unpaired) electrons. The maximum atomic E-state index is 14.8. The highest BCUT2D eigenvalue weighted by molar-refractivity contribution is 6.35. The summed E-state index contributed by atoms with van der Waals surface area (Å²) in [6, 6.07) is 21.2. The molecule has 5 aromatic heterocycles. The van der Waals surface area contributed by atoms with Gasteiger partial charge in [-0.25, -0.2) is 0 Å². The molecule has 16 rings (SSSR count). The average molecular weight is 677 g/mol. The number of hydrogen-bond donors (Lipinski definition) is 0. The van der Waals surface area contributed by atoms with Crippen LogP contribution in [-0.2, 0) is 0 Å². The quantitative estimate of drug-likeness (QED) is 0.163. The average Bonchev–Trinajstić information content (AvgIpc) is 3.54. The molecule has 4 saturated carbocycles. The predicted octanol–water partition coefficient (Wildman–Crippen LogP) is 10.9. The van der Waals surface area contributed by atoms with Crippen LogP contribution < -0.4 is 5.56 Å². The molecule has 0 spiro atoms. The van der Waals surface area contributed by atoms with Crippen molar-refractivity contribution in [3.05, 3.63) is 106 Å². The SMILES string of the molecule is O=c1c2ccccc2c2c3c4c5c(ncc4n4c6cnc7c(c6c(cc2n1-c1ccccc1)c34)C1CC2CC(CC7C2)C1)C1CC2CC(C1)CC5C2. The molecule has 5 nitrogen and oxygen atoms in total. The molecule has 8 bridgehead atoms. The number of pyridine rings is 3. The highest BCUT2D eigenvalue weighted by atomic mass is 16.1. The molecule has 5 heteroatoms. The van der Waals surface area contributed by atoms with E-state index >= 15 is 0 Å². The van der Waals surface area contributed by atoms with Crippen LogP contribution in [0.1, 0.15) is 110 Å². The van der Waals surface area contributed by atoms with Crippen molar-refractivity contribution >= 4 is 59.8 Å². The van der Waals surface area contributed by atoms with E-state index in [1.54, 1.807) is 0 Å². The van der Waals surface area contributed by atoms with Gasteiger partial charge in [0.15, 0.2) is 0 Å². The number of nitrogens with zero attached hydrogens (tertiary/aromatic N) is 4. The largest absolute Gasteiger partial charge is 0.305 e. The summed E-state index contributed by atoms with van der Waals surface area (Å²) in [7, 11) is 0. The van der Waals surface area contributed by atoms with E-state index in [0.29, 0.717) is 23.7 Å². The van der Waals surface area contributed by atoms with Crippen molar-refractivity contribution in [2.24, 2.45) is 23.7 Å². The first-order valence-electron chi connectivity index (χ1n) is 20.2. The first-order valence-corrected chi connectivity index (χ1v) is 20.2. The zero-order valence-corrected chi connectivity index (χ0v) is 29.3. The molecule has 254 valence electrons. The number of rotatable bonds is 1. The van der Waals surface area contributed by atoms with Crippen LogP contribution in [0.5, 0.6) is 0 Å². The fraction of sp³-hybridized carbons (Fsp3) is 0.383. The maximum absolute atomic E-state index is 14.8. The lowest BCUT2D eigenvalue weighted by atomic mass is 9.67. The minimum absolute atomic E-state index is 0.0590. The first-order chi connectivity index (χ1) is 25.7. The lowest BCUT2D eigenvalue weighted by Crippen LogP contribution is -2.25. The van der Waals surface area contributed by atoms with E-state index in [0.717, 1.165) is 45.6 Å². The van der Waals surface area contributed by atoms with Crippen LogP contribution in [0.2, 0.25) is 0 Å². The summed E-state index contributed by atoms with van der Waals surface area (Å²) in [5.41, 5.74) is 11.7. The highest BCUT2D eigenvalue weighted by Crippen LogP contribution is 2.61. The van der Waals surface area contributed by atoms with E-state index in [2.05, 4.69) is 65.3 Å². The molecule has 4 unspecified atom stereocenters. The van der Waals surface area contributed by atoms with E-state index in [9.17, 15) is 4.79 Å². The second kappa shape index (κ2) is 9.41. The minimum Gasteiger partial charge on any atom is -0.305 e. The third-order valence-corrected chi connectivity index (χ3v) is 15.5. The van der Waals surface area contributed by atoms with Crippen molar-refractivity contribution < 1.29 is 0 Å². The molecule has 4 fully saturated rings. The van der Waals surface area contributed by atoms with Crippen LogP contribution in [0, 0.1) is 23.7 Å². The Bertz CT molecular complexity index is 2930. The summed E-state index contributed by atoms with van der Waals surface area (Å²) < 4.78 is 4.63. The Hall–Kier alpha value is -4.77. The number of para-hydroxylation sites is 1. The molecule has 0 aliphatic heterocycles. The van der Waals surface area contributed by atoms with Gasteiger partial charge in [0, 0.05) is 61.2 Å². The van der Waals surface area contributed by atoms with Crippen LogP contribution in [0.3, 0.4) is 0 Å². The van der Waals surface area contributed by atoms with Crippen LogP contribution in [0.4, 0.5) is 0 Å². The number of benzene rings is 3. The maximum Gasteiger partial charge on any atom is 0.263 e. The third-order valence-electron chi connectivity index (χ3n) is 15.5. The van der Waals surface area contributed by atoms with Crippen LogP contribution in [0.15, 0.2) is 77.9 Å². The summed E-state index contributed by atoms with van der Waals surface area (Å²) in [6.45, 7) is 0. The molecule has 0 N–H and O–H groups in total. The lowest BCUT2D eigenvalue weighted by molar-refractivity contribution is 0.165. The van der Waals surface area contributed by atoms with E-state index < -0.39 is 0 Å². The molecule has 0 saturated heterocycles. The molecular formula is C47H40N4O. The summed E-state index contributed by atoms with van der Waals surface area (Å²) >= 11 is 0. The minimum atomic E-state index is 0.0590. The molecule has 4 atom stereocenters. The zero-order chi connectivity index (χ0) is 33.6. The van der Waals surface area contributed by atoms with Gasteiger partial charge in [0.2, 0.25) is 0 Å². The van der Waals surface area contributed by atoms with Crippen molar-refractivity contribution in [2.75, 3.05) is 0 Å². The van der Waals surface area contributed by atoms with Gasteiger partial charge in [-0.05, 0) is 140 Å². The Labute approximate surface area is 301 Å². The normalized spacial score (nSPS) is 30.0. The molecule has 3 aromatic carbocycles. The molecule has 8 aliphatic carbocycles. The summed E-state index contributed by atoms with van der Waals surface area (Å²) in [4.78, 5) is 25.8. The van der Waals surface area contributed by atoms with E-state index in [4.69, 9.17) is 9.97 Å². The summed E-state index contributed by atoms with van der Waals surface area (Å²) in [6.07, 6.45) is 17.7. The summed E-state index contributed by atoms with van der Waals surface area (Å²) in [5.74, 6) is 5.51. The fourth-order valence-electron chi connectivity index (χ4n) is 14.1. The second-order valence-electron chi connectivity index (χ2n) is 18.1. The fourth-order valence-corrected chi connectivity index (χ4v) is 14.1. The summed E-state index contributed by atoms with van der Waals surface area (Å²) in [5, 5.41) is 8.53. The number of hydrogen-bond acceptors (Lipinski definition) is 3. The van der Waals surface area contributed by atoms with Gasteiger partial charge in [-0.2, -0.15) is 0 Å². The van der Waals surface area contributed by atoms with E-state index in [1.807, 2.05) is 16.7 Å². The van der Waals surface area contributed by atoms with E-state index in [-0.39, 0.29) is 5.56 Å². The first kappa shape index (κ1) is 27.8. The van der Waals surface area contributed by atoms with Gasteiger partial charge in [0.25, 0.3) is 5.56 Å². The Balaban J connectivity index is 1.26. The van der Waals surface area contributed by atoms with Gasteiger partial charge in [-0.1, -0.05) is 36.4 Å². The van der Waals surface area contributed by atoms with Gasteiger partial charge >= 0.3 is 0 Å². The Morgan fingerprint density at radius 1 is 0.500 bits per heavy atom. The second-order valence-corrected chi connectivity index (χ2v) is 18.1. The van der Waals surface area contributed by atoms with Gasteiger partial charge in [-0.15, -0.1) is 0 Å². The topological polar surface area (TPSA) is 52.2 Å². The predicted molar refractivity (Wildman–Crippen MR) is 208 cm³/mol. The molecule has 8 aromatic rings. The van der Waals surface area contributed by atoms with Crippen molar-refractivity contribution in [3.63, 3.8) is 0 Å². The van der Waals surface area contributed by atoms with Crippen LogP contribution >= 0.6 is 0 Å². The van der Waals surface area contributed by atoms with Gasteiger partial charge < -0.3 is 4.40 Å². The smallest absolute Gasteiger partial charge is 0.263 e. The number of fused-ring (bicyclic) bond motifs is 10. The molecular weight excluding hydrogens is 637 g/mol. The zero-order valence-electron chi connectivity index (χ0n) is 29.3. The number of aromatic nitrogens is 4. The van der Waals surface area contributed by atoms with Gasteiger partial charge in [-0.3, -0.25) is 19.3 Å². The standard InChI is InChI=1S/C47H40N4O/c52-47-33-9-5-4-8-32(33)40-35(50(47)31-6-2-1-3-7-31)20-34-41-36(21-48-44-29-16-23-10-24(17-29)13-27(12-23)38(41)44)51-37-22-49-45-30-18-25-11-26(19-30)15-28(14-25)39(45)42(37)43(40)46(34)51/h1-9,20-30H,10-19H2. The molecule has 0 amide bonds. The van der Waals surface area contributed by atoms with Crippen molar-refractivity contribution in [3.8, 4) is 5.69 Å². The van der Waals surface area contributed by atoms with Crippen LogP contribution in [-0.4, -0.2) is 18.9 Å². The molecule has 8 aliphatic rings. The van der Waals surface area contributed by atoms with Crippen LogP contribution in [0.25, 0.3) is 65.5 Å². The Kier molecular flexibility index (Phi) is 5.04. The Morgan fingerprint density at radius 3 is 1.67 bits per heavy atom. The highest BCUT2D eigenvalue weighted by Gasteiger charge is 2.46.